The number of carbonyl (C=O) groups is 2. The van der Waals surface area contributed by atoms with E-state index in [0.717, 1.165) is 11.1 Å². The molecule has 0 amide bonds. The molecule has 0 aliphatic heterocycles. The third kappa shape index (κ3) is 2.46. The first-order valence-corrected chi connectivity index (χ1v) is 8.30. The van der Waals surface area contributed by atoms with Crippen LogP contribution in [0.25, 0.3) is 0 Å². The molecule has 1 aliphatic rings. The molecule has 0 N–H and O–H groups in total. The van der Waals surface area contributed by atoms with E-state index < -0.39 is 0 Å². The summed E-state index contributed by atoms with van der Waals surface area (Å²) in [6.45, 7) is 7.59. The second-order valence-corrected chi connectivity index (χ2v) is 5.96. The molecule has 0 saturated carbocycles. The van der Waals surface area contributed by atoms with E-state index in [-0.39, 0.29) is 22.7 Å². The number of ketones is 2. The molecule has 0 unspecified atom stereocenters. The highest BCUT2D eigenvalue weighted by Gasteiger charge is 2.37. The standard InChI is InChI=1S/C22H20O4/c1-5-9-15-16(10-6-2)22(26-4)18-17(21(15)25-3)19(23)13-11-7-8-12-14(13)20(18)24/h5-8,11-12H,1-2,9-10H2,3-4H3. The van der Waals surface area contributed by atoms with Crippen molar-refractivity contribution in [3.8, 4) is 11.5 Å². The molecule has 0 atom stereocenters. The average molecular weight is 348 g/mol. The van der Waals surface area contributed by atoms with E-state index in [1.54, 1.807) is 36.4 Å². The van der Waals surface area contributed by atoms with Gasteiger partial charge in [0.15, 0.2) is 11.6 Å². The van der Waals surface area contributed by atoms with Gasteiger partial charge in [-0.15, -0.1) is 13.2 Å². The first kappa shape index (κ1) is 17.7. The summed E-state index contributed by atoms with van der Waals surface area (Å²) < 4.78 is 11.2. The lowest BCUT2D eigenvalue weighted by molar-refractivity contribution is 0.0973. The van der Waals surface area contributed by atoms with Gasteiger partial charge in [0.25, 0.3) is 0 Å². The van der Waals surface area contributed by atoms with Crippen LogP contribution >= 0.6 is 0 Å². The SMILES string of the molecule is C=CCc1c(CC=C)c(OC)c2c(c1OC)C(=O)c1ccccc1C2=O. The molecule has 4 nitrogen and oxygen atoms in total. The number of fused-ring (bicyclic) bond motifs is 2. The number of hydrogen-bond acceptors (Lipinski definition) is 4. The van der Waals surface area contributed by atoms with E-state index in [4.69, 9.17) is 9.47 Å². The van der Waals surface area contributed by atoms with E-state index in [1.165, 1.54) is 14.2 Å². The maximum atomic E-state index is 13.2. The van der Waals surface area contributed by atoms with E-state index in [0.29, 0.717) is 35.5 Å². The highest BCUT2D eigenvalue weighted by Crippen LogP contribution is 2.44. The minimum Gasteiger partial charge on any atom is -0.496 e. The van der Waals surface area contributed by atoms with Crippen LogP contribution < -0.4 is 9.47 Å². The molecule has 1 aliphatic carbocycles. The summed E-state index contributed by atoms with van der Waals surface area (Å²) in [6, 6.07) is 6.81. The Morgan fingerprint density at radius 1 is 0.808 bits per heavy atom. The molecule has 132 valence electrons. The minimum atomic E-state index is -0.235. The number of ether oxygens (including phenoxy) is 2. The maximum absolute atomic E-state index is 13.2. The summed E-state index contributed by atoms with van der Waals surface area (Å²) in [5, 5.41) is 0. The third-order valence-corrected chi connectivity index (χ3v) is 4.59. The summed E-state index contributed by atoms with van der Waals surface area (Å²) >= 11 is 0. The molecule has 4 heteroatoms. The van der Waals surface area contributed by atoms with Gasteiger partial charge >= 0.3 is 0 Å². The molecular weight excluding hydrogens is 328 g/mol. The maximum Gasteiger partial charge on any atom is 0.198 e. The summed E-state index contributed by atoms with van der Waals surface area (Å²) in [5.74, 6) is 0.345. The molecule has 2 aromatic rings. The highest BCUT2D eigenvalue weighted by molar-refractivity contribution is 6.30. The van der Waals surface area contributed by atoms with Gasteiger partial charge < -0.3 is 9.47 Å². The van der Waals surface area contributed by atoms with E-state index >= 15 is 0 Å². The second-order valence-electron chi connectivity index (χ2n) is 5.96. The van der Waals surface area contributed by atoms with Crippen molar-refractivity contribution in [1.29, 1.82) is 0 Å². The van der Waals surface area contributed by atoms with Gasteiger partial charge in [-0.3, -0.25) is 9.59 Å². The second kappa shape index (κ2) is 7.00. The average Bonchev–Trinajstić information content (AvgIpc) is 2.66. The Morgan fingerprint density at radius 3 is 1.50 bits per heavy atom. The van der Waals surface area contributed by atoms with Gasteiger partial charge in [-0.2, -0.15) is 0 Å². The third-order valence-electron chi connectivity index (χ3n) is 4.59. The van der Waals surface area contributed by atoms with Crippen LogP contribution in [0.2, 0.25) is 0 Å². The van der Waals surface area contributed by atoms with Crippen molar-refractivity contribution in [3.63, 3.8) is 0 Å². The summed E-state index contributed by atoms with van der Waals surface area (Å²) in [6.07, 6.45) is 4.44. The first-order valence-electron chi connectivity index (χ1n) is 8.30. The van der Waals surface area contributed by atoms with Gasteiger partial charge in [0.05, 0.1) is 25.3 Å². The lowest BCUT2D eigenvalue weighted by Crippen LogP contribution is -2.24. The van der Waals surface area contributed by atoms with Crippen LogP contribution in [-0.4, -0.2) is 25.8 Å². The zero-order valence-electron chi connectivity index (χ0n) is 14.9. The van der Waals surface area contributed by atoms with Crippen molar-refractivity contribution in [3.05, 3.63) is 83.0 Å². The fourth-order valence-corrected chi connectivity index (χ4v) is 3.56. The molecule has 26 heavy (non-hydrogen) atoms. The molecule has 0 spiro atoms. The van der Waals surface area contributed by atoms with Crippen LogP contribution in [-0.2, 0) is 12.8 Å². The summed E-state index contributed by atoms with van der Waals surface area (Å²) in [5.41, 5.74) is 2.87. The van der Waals surface area contributed by atoms with E-state index in [2.05, 4.69) is 13.2 Å². The number of hydrogen-bond donors (Lipinski definition) is 0. The van der Waals surface area contributed by atoms with Crippen LogP contribution in [0.15, 0.2) is 49.6 Å². The van der Waals surface area contributed by atoms with Gasteiger partial charge in [0.2, 0.25) is 0 Å². The first-order chi connectivity index (χ1) is 12.6. The Balaban J connectivity index is 2.47. The molecule has 0 saturated heterocycles. The van der Waals surface area contributed by atoms with Gasteiger partial charge in [-0.25, -0.2) is 0 Å². The van der Waals surface area contributed by atoms with Crippen molar-refractivity contribution >= 4 is 11.6 Å². The molecule has 0 heterocycles. The van der Waals surface area contributed by atoms with Gasteiger partial charge in [-0.1, -0.05) is 36.4 Å². The molecular formula is C22H20O4. The highest BCUT2D eigenvalue weighted by atomic mass is 16.5. The minimum absolute atomic E-state index is 0.235. The zero-order chi connectivity index (χ0) is 18.8. The smallest absolute Gasteiger partial charge is 0.198 e. The quantitative estimate of drug-likeness (QED) is 0.633. The monoisotopic (exact) mass is 348 g/mol. The predicted molar refractivity (Wildman–Crippen MR) is 101 cm³/mol. The van der Waals surface area contributed by atoms with Crippen molar-refractivity contribution in [2.45, 2.75) is 12.8 Å². The largest absolute Gasteiger partial charge is 0.496 e. The Hall–Kier alpha value is -3.14. The normalized spacial score (nSPS) is 12.2. The topological polar surface area (TPSA) is 52.6 Å². The van der Waals surface area contributed by atoms with Crippen LogP contribution in [0.5, 0.6) is 11.5 Å². The van der Waals surface area contributed by atoms with Crippen LogP contribution in [0.1, 0.15) is 43.0 Å². The molecule has 0 aromatic heterocycles. The predicted octanol–water partition coefficient (Wildman–Crippen LogP) is 3.94. The zero-order valence-corrected chi connectivity index (χ0v) is 14.9. The molecule has 2 aromatic carbocycles. The molecule has 0 radical (unpaired) electrons. The van der Waals surface area contributed by atoms with Gasteiger partial charge in [0.1, 0.15) is 11.5 Å². The number of allylic oxidation sites excluding steroid dienone is 2. The molecule has 0 bridgehead atoms. The molecule has 0 fully saturated rings. The number of rotatable bonds is 6. The van der Waals surface area contributed by atoms with Crippen molar-refractivity contribution in [2.75, 3.05) is 14.2 Å². The van der Waals surface area contributed by atoms with E-state index in [9.17, 15) is 9.59 Å². The van der Waals surface area contributed by atoms with Gasteiger partial charge in [-0.05, 0) is 12.8 Å². The van der Waals surface area contributed by atoms with Crippen LogP contribution in [0.4, 0.5) is 0 Å². The fraction of sp³-hybridized carbons (Fsp3) is 0.182. The van der Waals surface area contributed by atoms with E-state index in [1.807, 2.05) is 0 Å². The number of benzene rings is 2. The Morgan fingerprint density at radius 2 is 1.19 bits per heavy atom. The Bertz CT molecular complexity index is 862. The fourth-order valence-electron chi connectivity index (χ4n) is 3.56. The van der Waals surface area contributed by atoms with Crippen molar-refractivity contribution in [1.82, 2.24) is 0 Å². The molecule has 3 rings (SSSR count). The van der Waals surface area contributed by atoms with Crippen molar-refractivity contribution < 1.29 is 19.1 Å². The van der Waals surface area contributed by atoms with Crippen LogP contribution in [0.3, 0.4) is 0 Å². The number of methoxy groups -OCH3 is 2. The van der Waals surface area contributed by atoms with Crippen LogP contribution in [0, 0.1) is 0 Å². The lowest BCUT2D eigenvalue weighted by Gasteiger charge is -2.26. The Kier molecular flexibility index (Phi) is 4.76. The van der Waals surface area contributed by atoms with Crippen molar-refractivity contribution in [2.24, 2.45) is 0 Å². The summed E-state index contributed by atoms with van der Waals surface area (Å²) in [7, 11) is 3.01. The Labute approximate surface area is 152 Å². The lowest BCUT2D eigenvalue weighted by atomic mass is 9.79. The number of carbonyl (C=O) groups excluding carboxylic acids is 2. The summed E-state index contributed by atoms with van der Waals surface area (Å²) in [4.78, 5) is 26.4. The van der Waals surface area contributed by atoms with Gasteiger partial charge in [0, 0.05) is 22.3 Å².